The number of fused-ring (bicyclic) bond motifs is 6. The van der Waals surface area contributed by atoms with Gasteiger partial charge in [-0.15, -0.1) is 18.2 Å². The second kappa shape index (κ2) is 15.3. The fraction of sp³-hybridized carbons (Fsp3) is 0.381. The van der Waals surface area contributed by atoms with Gasteiger partial charge in [-0.1, -0.05) is 96.7 Å². The molecule has 6 rings (SSSR count). The van der Waals surface area contributed by atoms with Gasteiger partial charge in [0.1, 0.15) is 12.1 Å². The van der Waals surface area contributed by atoms with Crippen LogP contribution in [0.25, 0.3) is 55.0 Å². The summed E-state index contributed by atoms with van der Waals surface area (Å²) in [4.78, 5) is 26.1. The minimum atomic E-state index is -0.337. The number of aliphatic hydroxyl groups excluding tert-OH is 1. The van der Waals surface area contributed by atoms with Gasteiger partial charge in [0.2, 0.25) is 5.71 Å². The Morgan fingerprint density at radius 3 is 2.22 bits per heavy atom. The molecule has 3 aromatic heterocycles. The summed E-state index contributed by atoms with van der Waals surface area (Å²) < 4.78 is 6.21. The van der Waals surface area contributed by atoms with Crippen molar-refractivity contribution >= 4 is 49.5 Å². The molecular weight excluding hydrogens is 787 g/mol. The van der Waals surface area contributed by atoms with E-state index in [9.17, 15) is 9.90 Å². The monoisotopic (exact) mass is 835 g/mol. The smallest absolute Gasteiger partial charge is 0.216 e. The molecule has 49 heavy (non-hydrogen) atoms. The summed E-state index contributed by atoms with van der Waals surface area (Å²) in [7, 11) is 0. The van der Waals surface area contributed by atoms with Gasteiger partial charge in [0.15, 0.2) is 5.78 Å². The van der Waals surface area contributed by atoms with Crippen LogP contribution >= 0.6 is 0 Å². The van der Waals surface area contributed by atoms with Crippen molar-refractivity contribution in [2.75, 3.05) is 0 Å². The molecule has 1 N–H and O–H groups in total. The number of benzene rings is 3. The molecule has 7 heteroatoms. The van der Waals surface area contributed by atoms with Gasteiger partial charge < -0.3 is 9.52 Å². The van der Waals surface area contributed by atoms with Gasteiger partial charge in [0.05, 0.1) is 11.1 Å². The van der Waals surface area contributed by atoms with Crippen LogP contribution in [0.3, 0.4) is 0 Å². The molecule has 0 spiro atoms. The molecule has 0 saturated heterocycles. The molecule has 0 atom stereocenters. The van der Waals surface area contributed by atoms with Crippen molar-refractivity contribution in [3.63, 3.8) is 0 Å². The van der Waals surface area contributed by atoms with Crippen LogP contribution in [0.4, 0.5) is 0 Å². The first kappa shape index (κ1) is 37.9. The molecule has 1 radical (unpaired) electrons. The summed E-state index contributed by atoms with van der Waals surface area (Å²) in [5.41, 5.74) is 5.63. The zero-order chi connectivity index (χ0) is 34.8. The molecule has 259 valence electrons. The van der Waals surface area contributed by atoms with Gasteiger partial charge in [-0.05, 0) is 67.0 Å². The minimum absolute atomic E-state index is 0. The first-order chi connectivity index (χ1) is 22.9. The fourth-order valence-corrected chi connectivity index (χ4v) is 6.18. The van der Waals surface area contributed by atoms with Gasteiger partial charge in [-0.25, -0.2) is 9.97 Å². The Balaban J connectivity index is 0.000000260. The number of ketones is 1. The number of furan rings is 1. The number of rotatable bonds is 9. The molecule has 0 aliphatic carbocycles. The van der Waals surface area contributed by atoms with Crippen LogP contribution in [-0.4, -0.2) is 25.8 Å². The number of carbonyl (C=O) groups is 1. The standard InChI is InChI=1S/C27H20N3O.C15H28O2.Ir/c1-15(2)18-7-4-6-17-11-13-21-24(28-14-29-25(21)23(17)18)22-9-5-8-19-20-12-10-16(3)30-27(20)31-26(19)22;1-7-14(5,8-2)12(16)11-13(17)15(6,9-3)10-4;/h4-8,10-15H,1-3H3;11,16H,7-10H2,1-6H3;/q-1;;/b;12-11-;. The third-order valence-corrected chi connectivity index (χ3v) is 10.6. The minimum Gasteiger partial charge on any atom is -0.512 e. The van der Waals surface area contributed by atoms with E-state index in [4.69, 9.17) is 9.40 Å². The summed E-state index contributed by atoms with van der Waals surface area (Å²) in [6.45, 7) is 18.5. The van der Waals surface area contributed by atoms with Gasteiger partial charge in [0, 0.05) is 59.2 Å². The summed E-state index contributed by atoms with van der Waals surface area (Å²) in [5.74, 6) is 0.682. The predicted molar refractivity (Wildman–Crippen MR) is 198 cm³/mol. The number of pyridine rings is 1. The van der Waals surface area contributed by atoms with Crippen LogP contribution < -0.4 is 0 Å². The molecule has 0 amide bonds. The van der Waals surface area contributed by atoms with Crippen LogP contribution in [0.2, 0.25) is 0 Å². The molecule has 3 heterocycles. The molecule has 0 aliphatic rings. The Kier molecular flexibility index (Phi) is 11.8. The molecule has 3 aromatic carbocycles. The maximum Gasteiger partial charge on any atom is 0.216 e. The number of hydrogen-bond donors (Lipinski definition) is 1. The summed E-state index contributed by atoms with van der Waals surface area (Å²) in [6, 6.07) is 22.1. The van der Waals surface area contributed by atoms with E-state index in [0.29, 0.717) is 11.6 Å². The van der Waals surface area contributed by atoms with Gasteiger partial charge >= 0.3 is 0 Å². The van der Waals surface area contributed by atoms with E-state index < -0.39 is 0 Å². The van der Waals surface area contributed by atoms with E-state index in [2.05, 4.69) is 66.3 Å². The second-order valence-electron chi connectivity index (χ2n) is 13.7. The maximum absolute atomic E-state index is 12.2. The molecule has 0 unspecified atom stereocenters. The van der Waals surface area contributed by atoms with Crippen LogP contribution in [0, 0.1) is 23.8 Å². The van der Waals surface area contributed by atoms with Crippen LogP contribution in [0.1, 0.15) is 98.2 Å². The largest absolute Gasteiger partial charge is 0.512 e. The van der Waals surface area contributed by atoms with E-state index >= 15 is 0 Å². The Hall–Kier alpha value is -3.93. The molecular formula is C42H48IrN3O3-. The zero-order valence-electron chi connectivity index (χ0n) is 30.2. The van der Waals surface area contributed by atoms with Crippen LogP contribution in [0.15, 0.2) is 77.2 Å². The van der Waals surface area contributed by atoms with Crippen molar-refractivity contribution in [2.24, 2.45) is 10.8 Å². The van der Waals surface area contributed by atoms with E-state index in [1.807, 2.05) is 66.7 Å². The van der Waals surface area contributed by atoms with Crippen molar-refractivity contribution in [1.29, 1.82) is 0 Å². The Morgan fingerprint density at radius 1 is 0.898 bits per heavy atom. The van der Waals surface area contributed by atoms with Gasteiger partial charge in [0.25, 0.3) is 0 Å². The van der Waals surface area contributed by atoms with E-state index in [1.165, 1.54) is 22.4 Å². The van der Waals surface area contributed by atoms with Gasteiger partial charge in [-0.2, -0.15) is 0 Å². The Bertz CT molecular complexity index is 2140. The van der Waals surface area contributed by atoms with Crippen LogP contribution in [-0.2, 0) is 24.9 Å². The summed E-state index contributed by atoms with van der Waals surface area (Å²) in [5, 5.41) is 15.5. The average Bonchev–Trinajstić information content (AvgIpc) is 3.48. The topological polar surface area (TPSA) is 89.1 Å². The van der Waals surface area contributed by atoms with Gasteiger partial charge in [-0.3, -0.25) is 9.78 Å². The zero-order valence-corrected chi connectivity index (χ0v) is 32.6. The fourth-order valence-electron chi connectivity index (χ4n) is 6.18. The first-order valence-electron chi connectivity index (χ1n) is 17.2. The molecule has 6 nitrogen and oxygen atoms in total. The number of carbonyl (C=O) groups excluding carboxylic acids is 1. The van der Waals surface area contributed by atoms with Crippen molar-refractivity contribution in [2.45, 2.75) is 93.9 Å². The number of allylic oxidation sites excluding steroid dienone is 2. The third kappa shape index (κ3) is 7.20. The number of aliphatic hydroxyl groups is 1. The molecule has 0 aliphatic heterocycles. The first-order valence-corrected chi connectivity index (χ1v) is 17.2. The summed E-state index contributed by atoms with van der Waals surface area (Å²) >= 11 is 0. The Morgan fingerprint density at radius 2 is 1.57 bits per heavy atom. The van der Waals surface area contributed by atoms with Crippen molar-refractivity contribution < 1.29 is 34.4 Å². The van der Waals surface area contributed by atoms with Crippen molar-refractivity contribution in [3.8, 4) is 11.3 Å². The van der Waals surface area contributed by atoms with E-state index in [-0.39, 0.29) is 42.5 Å². The molecule has 0 saturated carbocycles. The predicted octanol–water partition coefficient (Wildman–Crippen LogP) is 11.6. The van der Waals surface area contributed by atoms with Crippen molar-refractivity contribution in [1.82, 2.24) is 15.0 Å². The number of hydrogen-bond acceptors (Lipinski definition) is 6. The van der Waals surface area contributed by atoms with E-state index in [1.54, 1.807) is 6.33 Å². The maximum atomic E-state index is 12.2. The van der Waals surface area contributed by atoms with Crippen LogP contribution in [0.5, 0.6) is 0 Å². The van der Waals surface area contributed by atoms with E-state index in [0.717, 1.165) is 69.9 Å². The SMILES string of the molecule is CCC(C)(CC)C(=O)/C=C(\O)C(C)(CC)CC.Cc1ccc2c(n1)oc1c(-c3ncnc4c3ccc3cccc(C(C)C)c34)[c-]ccc12.[Ir]. The number of nitrogens with zero attached hydrogens (tertiary/aromatic N) is 3. The Labute approximate surface area is 303 Å². The average molecular weight is 835 g/mol. The molecule has 0 bridgehead atoms. The quantitative estimate of drug-likeness (QED) is 0.0675. The number of aromatic nitrogens is 3. The van der Waals surface area contributed by atoms with Crippen molar-refractivity contribution in [3.05, 3.63) is 90.1 Å². The second-order valence-corrected chi connectivity index (χ2v) is 13.7. The molecule has 6 aromatic rings. The third-order valence-electron chi connectivity index (χ3n) is 10.6. The number of aryl methyl sites for hydroxylation is 1. The molecule has 0 fully saturated rings. The summed E-state index contributed by atoms with van der Waals surface area (Å²) in [6.07, 6.45) is 6.40. The normalized spacial score (nSPS) is 12.4.